The lowest BCUT2D eigenvalue weighted by molar-refractivity contribution is -0.385. The Morgan fingerprint density at radius 1 is 1.53 bits per heavy atom. The van der Waals surface area contributed by atoms with Crippen molar-refractivity contribution in [3.63, 3.8) is 0 Å². The Hall–Kier alpha value is -1.62. The Morgan fingerprint density at radius 2 is 2.27 bits per heavy atom. The molecular formula is C10H12N2O3. The molecule has 0 aliphatic carbocycles. The van der Waals surface area contributed by atoms with Crippen LogP contribution in [-0.2, 0) is 4.74 Å². The first kappa shape index (κ1) is 9.92. The van der Waals surface area contributed by atoms with Crippen LogP contribution in [0.15, 0.2) is 18.2 Å². The van der Waals surface area contributed by atoms with Crippen LogP contribution in [0.25, 0.3) is 0 Å². The molecule has 1 aromatic carbocycles. The molecule has 2 rings (SSSR count). The zero-order valence-electron chi connectivity index (χ0n) is 8.40. The van der Waals surface area contributed by atoms with Crippen molar-refractivity contribution in [3.05, 3.63) is 33.9 Å². The lowest BCUT2D eigenvalue weighted by atomic mass is 10.1. The fraction of sp³-hybridized carbons (Fsp3) is 0.400. The van der Waals surface area contributed by atoms with E-state index in [-0.39, 0.29) is 16.7 Å². The van der Waals surface area contributed by atoms with E-state index < -0.39 is 0 Å². The van der Waals surface area contributed by atoms with E-state index in [0.29, 0.717) is 18.8 Å². The summed E-state index contributed by atoms with van der Waals surface area (Å²) >= 11 is 0. The van der Waals surface area contributed by atoms with E-state index in [4.69, 9.17) is 4.74 Å². The van der Waals surface area contributed by atoms with Crippen LogP contribution in [0.1, 0.15) is 5.56 Å². The Morgan fingerprint density at radius 3 is 2.80 bits per heavy atom. The number of benzene rings is 1. The second kappa shape index (κ2) is 3.86. The molecular weight excluding hydrogens is 196 g/mol. The minimum absolute atomic E-state index is 0.153. The number of rotatable bonds is 3. The van der Waals surface area contributed by atoms with Crippen molar-refractivity contribution in [1.29, 1.82) is 0 Å². The van der Waals surface area contributed by atoms with E-state index in [9.17, 15) is 10.1 Å². The average Bonchev–Trinajstić information content (AvgIpc) is 2.13. The molecule has 1 aliphatic heterocycles. The molecule has 1 fully saturated rings. The van der Waals surface area contributed by atoms with Gasteiger partial charge in [0.1, 0.15) is 0 Å². The van der Waals surface area contributed by atoms with Crippen molar-refractivity contribution in [2.75, 3.05) is 18.5 Å². The van der Waals surface area contributed by atoms with Crippen LogP contribution in [0, 0.1) is 17.0 Å². The minimum Gasteiger partial charge on any atom is -0.377 e. The molecule has 1 N–H and O–H groups in total. The monoisotopic (exact) mass is 208 g/mol. The molecule has 0 atom stereocenters. The van der Waals surface area contributed by atoms with E-state index in [2.05, 4.69) is 5.32 Å². The van der Waals surface area contributed by atoms with Crippen LogP contribution in [-0.4, -0.2) is 24.2 Å². The summed E-state index contributed by atoms with van der Waals surface area (Å²) < 4.78 is 5.03. The predicted octanol–water partition coefficient (Wildman–Crippen LogP) is 1.71. The molecule has 80 valence electrons. The quantitative estimate of drug-likeness (QED) is 0.606. The maximum absolute atomic E-state index is 10.7. The third-order valence-corrected chi connectivity index (χ3v) is 2.50. The molecule has 1 aromatic rings. The van der Waals surface area contributed by atoms with Gasteiger partial charge in [-0.25, -0.2) is 0 Å². The van der Waals surface area contributed by atoms with Gasteiger partial charge in [0.2, 0.25) is 0 Å². The van der Waals surface area contributed by atoms with Crippen LogP contribution >= 0.6 is 0 Å². The minimum atomic E-state index is -0.363. The van der Waals surface area contributed by atoms with Crippen molar-refractivity contribution in [1.82, 2.24) is 0 Å². The van der Waals surface area contributed by atoms with E-state index in [1.165, 1.54) is 6.07 Å². The van der Waals surface area contributed by atoms with Gasteiger partial charge in [-0.2, -0.15) is 0 Å². The predicted molar refractivity (Wildman–Crippen MR) is 56.1 cm³/mol. The van der Waals surface area contributed by atoms with Gasteiger partial charge >= 0.3 is 0 Å². The van der Waals surface area contributed by atoms with Crippen molar-refractivity contribution >= 4 is 11.4 Å². The molecule has 0 aromatic heterocycles. The average molecular weight is 208 g/mol. The first-order valence-corrected chi connectivity index (χ1v) is 4.77. The molecule has 1 aliphatic rings. The van der Waals surface area contributed by atoms with Gasteiger partial charge < -0.3 is 10.1 Å². The van der Waals surface area contributed by atoms with Crippen molar-refractivity contribution in [2.45, 2.75) is 13.0 Å². The maximum Gasteiger partial charge on any atom is 0.274 e. The second-order valence-electron chi connectivity index (χ2n) is 3.59. The highest BCUT2D eigenvalue weighted by atomic mass is 16.6. The lowest BCUT2D eigenvalue weighted by Gasteiger charge is -2.28. The molecule has 15 heavy (non-hydrogen) atoms. The SMILES string of the molecule is Cc1c(NC2COC2)cccc1[N+](=O)[O-]. The molecule has 0 radical (unpaired) electrons. The van der Waals surface area contributed by atoms with Gasteiger partial charge in [-0.1, -0.05) is 6.07 Å². The molecule has 1 heterocycles. The zero-order chi connectivity index (χ0) is 10.8. The van der Waals surface area contributed by atoms with Gasteiger partial charge in [-0.05, 0) is 13.0 Å². The fourth-order valence-electron chi connectivity index (χ4n) is 1.52. The molecule has 5 heteroatoms. The summed E-state index contributed by atoms with van der Waals surface area (Å²) in [6.07, 6.45) is 0. The van der Waals surface area contributed by atoms with Gasteiger partial charge in [0.15, 0.2) is 0 Å². The normalized spacial score (nSPS) is 15.8. The molecule has 0 spiro atoms. The molecule has 1 saturated heterocycles. The van der Waals surface area contributed by atoms with Crippen molar-refractivity contribution < 1.29 is 9.66 Å². The number of ether oxygens (including phenoxy) is 1. The van der Waals surface area contributed by atoms with E-state index >= 15 is 0 Å². The summed E-state index contributed by atoms with van der Waals surface area (Å²) in [6, 6.07) is 5.33. The Labute approximate surface area is 87.2 Å². The third kappa shape index (κ3) is 1.92. The van der Waals surface area contributed by atoms with Gasteiger partial charge in [0.05, 0.1) is 24.2 Å². The van der Waals surface area contributed by atoms with Crippen molar-refractivity contribution in [3.8, 4) is 0 Å². The number of anilines is 1. The number of hydrogen-bond donors (Lipinski definition) is 1. The maximum atomic E-state index is 10.7. The first-order valence-electron chi connectivity index (χ1n) is 4.77. The van der Waals surface area contributed by atoms with Crippen molar-refractivity contribution in [2.24, 2.45) is 0 Å². The van der Waals surface area contributed by atoms with Crippen LogP contribution in [0.5, 0.6) is 0 Å². The van der Waals surface area contributed by atoms with Gasteiger partial charge in [0, 0.05) is 17.3 Å². The van der Waals surface area contributed by atoms with E-state index in [1.807, 2.05) is 6.07 Å². The number of nitrogens with one attached hydrogen (secondary N) is 1. The highest BCUT2D eigenvalue weighted by Gasteiger charge is 2.20. The summed E-state index contributed by atoms with van der Waals surface area (Å²) in [5, 5.41) is 13.9. The molecule has 0 saturated carbocycles. The smallest absolute Gasteiger partial charge is 0.274 e. The summed E-state index contributed by atoms with van der Waals surface area (Å²) in [5.74, 6) is 0. The highest BCUT2D eigenvalue weighted by molar-refractivity contribution is 5.60. The van der Waals surface area contributed by atoms with Crippen LogP contribution in [0.2, 0.25) is 0 Å². The standard InChI is InChI=1S/C10H12N2O3/c1-7-9(11-8-5-15-6-8)3-2-4-10(7)12(13)14/h2-4,8,11H,5-6H2,1H3. The van der Waals surface area contributed by atoms with Crippen LogP contribution < -0.4 is 5.32 Å². The molecule has 0 bridgehead atoms. The van der Waals surface area contributed by atoms with Gasteiger partial charge in [-0.3, -0.25) is 10.1 Å². The Balaban J connectivity index is 2.22. The van der Waals surface area contributed by atoms with E-state index in [0.717, 1.165) is 5.69 Å². The summed E-state index contributed by atoms with van der Waals surface area (Å²) in [5.41, 5.74) is 1.65. The Bertz CT molecular complexity index is 388. The fourth-order valence-corrected chi connectivity index (χ4v) is 1.52. The lowest BCUT2D eigenvalue weighted by Crippen LogP contribution is -2.40. The molecule has 0 unspecified atom stereocenters. The summed E-state index contributed by atoms with van der Waals surface area (Å²) in [4.78, 5) is 10.3. The zero-order valence-corrected chi connectivity index (χ0v) is 8.40. The molecule has 5 nitrogen and oxygen atoms in total. The topological polar surface area (TPSA) is 64.4 Å². The number of hydrogen-bond acceptors (Lipinski definition) is 4. The van der Waals surface area contributed by atoms with E-state index in [1.54, 1.807) is 13.0 Å². The van der Waals surface area contributed by atoms with Gasteiger partial charge in [-0.15, -0.1) is 0 Å². The largest absolute Gasteiger partial charge is 0.377 e. The third-order valence-electron chi connectivity index (χ3n) is 2.50. The Kier molecular flexibility index (Phi) is 2.55. The second-order valence-corrected chi connectivity index (χ2v) is 3.59. The summed E-state index contributed by atoms with van der Waals surface area (Å²) in [6.45, 7) is 3.09. The van der Waals surface area contributed by atoms with Crippen LogP contribution in [0.3, 0.4) is 0 Å². The van der Waals surface area contributed by atoms with Crippen LogP contribution in [0.4, 0.5) is 11.4 Å². The van der Waals surface area contributed by atoms with Gasteiger partial charge in [0.25, 0.3) is 5.69 Å². The number of nitro groups is 1. The summed E-state index contributed by atoms with van der Waals surface area (Å²) in [7, 11) is 0. The number of nitrogens with zero attached hydrogens (tertiary/aromatic N) is 1. The number of nitro benzene ring substituents is 1. The highest BCUT2D eigenvalue weighted by Crippen LogP contribution is 2.26. The molecule has 0 amide bonds. The first-order chi connectivity index (χ1) is 7.18.